The maximum absolute atomic E-state index is 5.69. The average Bonchev–Trinajstić information content (AvgIpc) is 1.80. The van der Waals surface area contributed by atoms with Crippen LogP contribution < -0.4 is 5.46 Å². The topological polar surface area (TPSA) is 12.9 Å². The Hall–Kier alpha value is -0.205. The van der Waals surface area contributed by atoms with Crippen molar-refractivity contribution in [2.75, 3.05) is 0 Å². The van der Waals surface area contributed by atoms with Crippen molar-refractivity contribution in [1.82, 2.24) is 4.98 Å². The lowest BCUT2D eigenvalue weighted by molar-refractivity contribution is 1.35. The van der Waals surface area contributed by atoms with Gasteiger partial charge in [0.1, 0.15) is 13.0 Å². The highest BCUT2D eigenvalue weighted by atomic mass is 35.5. The molecule has 4 heteroatoms. The molecule has 0 aliphatic heterocycles. The van der Waals surface area contributed by atoms with Gasteiger partial charge in [0, 0.05) is 11.2 Å². The van der Waals surface area contributed by atoms with Crippen molar-refractivity contribution >= 4 is 36.5 Å². The Balaban J connectivity index is 3.17. The zero-order valence-corrected chi connectivity index (χ0v) is 6.37. The summed E-state index contributed by atoms with van der Waals surface area (Å²) < 4.78 is 0. The molecule has 9 heavy (non-hydrogen) atoms. The van der Waals surface area contributed by atoms with Crippen LogP contribution >= 0.6 is 23.2 Å². The summed E-state index contributed by atoms with van der Waals surface area (Å²) in [5.41, 5.74) is 0.945. The van der Waals surface area contributed by atoms with Gasteiger partial charge < -0.3 is 0 Å². The van der Waals surface area contributed by atoms with Crippen LogP contribution in [0.25, 0.3) is 0 Å². The van der Waals surface area contributed by atoms with Crippen LogP contribution in [0, 0.1) is 0 Å². The second-order valence-corrected chi connectivity index (χ2v) is 2.55. The fourth-order valence-electron chi connectivity index (χ4n) is 0.476. The zero-order chi connectivity index (χ0) is 6.85. The predicted octanol–water partition coefficient (Wildman–Crippen LogP) is 0.647. The third kappa shape index (κ3) is 1.60. The van der Waals surface area contributed by atoms with Gasteiger partial charge in [-0.15, -0.1) is 0 Å². The van der Waals surface area contributed by atoms with Gasteiger partial charge in [0.25, 0.3) is 0 Å². The van der Waals surface area contributed by atoms with Gasteiger partial charge in [0.05, 0.1) is 0 Å². The van der Waals surface area contributed by atoms with E-state index in [0.29, 0.717) is 10.2 Å². The molecule has 0 spiro atoms. The summed E-state index contributed by atoms with van der Waals surface area (Å²) >= 11 is 11.2. The van der Waals surface area contributed by atoms with E-state index in [0.717, 1.165) is 5.46 Å². The van der Waals surface area contributed by atoms with Gasteiger partial charge >= 0.3 is 0 Å². The molecule has 0 radical (unpaired) electrons. The van der Waals surface area contributed by atoms with Crippen molar-refractivity contribution in [3.05, 3.63) is 22.4 Å². The molecule has 0 aromatic carbocycles. The van der Waals surface area contributed by atoms with E-state index in [1.54, 1.807) is 12.3 Å². The smallest absolute Gasteiger partial charge is 0.143 e. The van der Waals surface area contributed by atoms with E-state index in [2.05, 4.69) is 4.98 Å². The van der Waals surface area contributed by atoms with Gasteiger partial charge in [0.15, 0.2) is 0 Å². The van der Waals surface area contributed by atoms with E-state index in [4.69, 9.17) is 23.2 Å². The molecule has 0 saturated carbocycles. The highest BCUT2D eigenvalue weighted by molar-refractivity contribution is 6.45. The SMILES string of the molecule is Bc1cnc(Cl)cc1Cl. The number of aromatic nitrogens is 1. The zero-order valence-electron chi connectivity index (χ0n) is 4.86. The summed E-state index contributed by atoms with van der Waals surface area (Å²) in [6, 6.07) is 1.62. The van der Waals surface area contributed by atoms with Crippen molar-refractivity contribution in [2.24, 2.45) is 0 Å². The van der Waals surface area contributed by atoms with Crippen LogP contribution in [-0.4, -0.2) is 12.8 Å². The van der Waals surface area contributed by atoms with Crippen LogP contribution in [0.3, 0.4) is 0 Å². The molecule has 0 atom stereocenters. The van der Waals surface area contributed by atoms with Crippen molar-refractivity contribution in [2.45, 2.75) is 0 Å². The summed E-state index contributed by atoms with van der Waals surface area (Å²) in [5, 5.41) is 1.10. The lowest BCUT2D eigenvalue weighted by Crippen LogP contribution is -2.03. The van der Waals surface area contributed by atoms with E-state index in [1.807, 2.05) is 7.85 Å². The molecule has 1 aromatic rings. The number of hydrogen-bond donors (Lipinski definition) is 0. The third-order valence-corrected chi connectivity index (χ3v) is 1.62. The minimum absolute atomic E-state index is 0.436. The molecule has 0 aliphatic carbocycles. The van der Waals surface area contributed by atoms with Crippen molar-refractivity contribution in [1.29, 1.82) is 0 Å². The van der Waals surface area contributed by atoms with Crippen LogP contribution in [0.1, 0.15) is 0 Å². The Morgan fingerprint density at radius 3 is 2.56 bits per heavy atom. The standard InChI is InChI=1S/C5H4BCl2N/c6-3-2-9-5(8)1-4(3)7/h1-2H,6H2. The lowest BCUT2D eigenvalue weighted by atomic mass is 9.99. The minimum atomic E-state index is 0.436. The highest BCUT2D eigenvalue weighted by Gasteiger charge is 1.94. The Bertz CT molecular complexity index is 226. The van der Waals surface area contributed by atoms with Gasteiger partial charge in [-0.25, -0.2) is 4.98 Å². The quantitative estimate of drug-likeness (QED) is 0.400. The fourth-order valence-corrected chi connectivity index (χ4v) is 0.842. The molecule has 0 bridgehead atoms. The first-order chi connectivity index (χ1) is 4.20. The van der Waals surface area contributed by atoms with Crippen molar-refractivity contribution in [3.63, 3.8) is 0 Å². The first-order valence-electron chi connectivity index (χ1n) is 2.48. The minimum Gasteiger partial charge on any atom is -0.245 e. The second kappa shape index (κ2) is 2.59. The largest absolute Gasteiger partial charge is 0.245 e. The molecule has 1 nitrogen and oxygen atoms in total. The van der Waals surface area contributed by atoms with Crippen LogP contribution in [0.2, 0.25) is 10.2 Å². The first-order valence-corrected chi connectivity index (χ1v) is 3.23. The molecule has 46 valence electrons. The molecule has 0 unspecified atom stereocenters. The van der Waals surface area contributed by atoms with E-state index >= 15 is 0 Å². The molecular weight excluding hydrogens is 156 g/mol. The van der Waals surface area contributed by atoms with Crippen molar-refractivity contribution in [3.8, 4) is 0 Å². The Morgan fingerprint density at radius 1 is 1.44 bits per heavy atom. The van der Waals surface area contributed by atoms with Crippen LogP contribution in [0.5, 0.6) is 0 Å². The average molecular weight is 160 g/mol. The summed E-state index contributed by atoms with van der Waals surface area (Å²) in [6.45, 7) is 0. The number of hydrogen-bond acceptors (Lipinski definition) is 1. The molecule has 1 rings (SSSR count). The molecule has 1 aromatic heterocycles. The highest BCUT2D eigenvalue weighted by Crippen LogP contribution is 2.08. The summed E-state index contributed by atoms with van der Waals surface area (Å²) in [4.78, 5) is 3.82. The first kappa shape index (κ1) is 6.91. The Kier molecular flexibility index (Phi) is 1.99. The molecule has 0 N–H and O–H groups in total. The fraction of sp³-hybridized carbons (Fsp3) is 0. The Morgan fingerprint density at radius 2 is 2.11 bits per heavy atom. The molecule has 0 aliphatic rings. The lowest BCUT2D eigenvalue weighted by Gasteiger charge is -1.94. The summed E-state index contributed by atoms with van der Waals surface area (Å²) in [5.74, 6) is 0. The maximum Gasteiger partial charge on any atom is 0.143 e. The maximum atomic E-state index is 5.69. The van der Waals surface area contributed by atoms with Gasteiger partial charge in [-0.2, -0.15) is 0 Å². The number of pyridine rings is 1. The van der Waals surface area contributed by atoms with Crippen molar-refractivity contribution < 1.29 is 0 Å². The molecular formula is C5H4BCl2N. The van der Waals surface area contributed by atoms with E-state index < -0.39 is 0 Å². The number of halogens is 2. The Labute approximate surface area is 64.4 Å². The monoisotopic (exact) mass is 159 g/mol. The van der Waals surface area contributed by atoms with Crippen LogP contribution in [-0.2, 0) is 0 Å². The molecule has 1 heterocycles. The van der Waals surface area contributed by atoms with E-state index in [-0.39, 0.29) is 0 Å². The normalized spacial score (nSPS) is 9.56. The predicted molar refractivity (Wildman–Crippen MR) is 42.4 cm³/mol. The molecule has 0 fully saturated rings. The number of rotatable bonds is 0. The molecule has 0 amide bonds. The number of nitrogens with zero attached hydrogens (tertiary/aromatic N) is 1. The van der Waals surface area contributed by atoms with E-state index in [1.165, 1.54) is 0 Å². The molecule has 0 saturated heterocycles. The van der Waals surface area contributed by atoms with Gasteiger partial charge in [-0.05, 0) is 6.07 Å². The van der Waals surface area contributed by atoms with E-state index in [9.17, 15) is 0 Å². The summed E-state index contributed by atoms with van der Waals surface area (Å²) in [6.07, 6.45) is 1.64. The van der Waals surface area contributed by atoms with Gasteiger partial charge in [0.2, 0.25) is 0 Å². The summed E-state index contributed by atoms with van der Waals surface area (Å²) in [7, 11) is 1.88. The van der Waals surface area contributed by atoms with Crippen LogP contribution in [0.15, 0.2) is 12.3 Å². The third-order valence-electron chi connectivity index (χ3n) is 1.00. The van der Waals surface area contributed by atoms with Crippen LogP contribution in [0.4, 0.5) is 0 Å². The second-order valence-electron chi connectivity index (χ2n) is 1.76. The van der Waals surface area contributed by atoms with Gasteiger partial charge in [-0.1, -0.05) is 28.7 Å². The van der Waals surface area contributed by atoms with Gasteiger partial charge in [-0.3, -0.25) is 0 Å².